The van der Waals surface area contributed by atoms with Gasteiger partial charge in [0.1, 0.15) is 19.8 Å². The van der Waals surface area contributed by atoms with Crippen molar-refractivity contribution in [2.45, 2.75) is 13.8 Å². The summed E-state index contributed by atoms with van der Waals surface area (Å²) in [6, 6.07) is 10.9. The van der Waals surface area contributed by atoms with Crippen LogP contribution in [0.15, 0.2) is 42.5 Å². The SMILES string of the molecule is CCOC(=O)c1ccc(NC(=O)CN(c2ccc3c(c2)OCCO3)S(=O)(=O)CC)cc1. The lowest BCUT2D eigenvalue weighted by molar-refractivity contribution is -0.114. The Morgan fingerprint density at radius 1 is 1.03 bits per heavy atom. The fourth-order valence-corrected chi connectivity index (χ4v) is 3.99. The third-order valence-electron chi connectivity index (χ3n) is 4.48. The molecule has 1 N–H and O–H groups in total. The number of benzene rings is 2. The van der Waals surface area contributed by atoms with Crippen LogP contribution >= 0.6 is 0 Å². The summed E-state index contributed by atoms with van der Waals surface area (Å²) < 4.78 is 42.3. The fraction of sp³-hybridized carbons (Fsp3) is 0.333. The van der Waals surface area contributed by atoms with Gasteiger partial charge in [0, 0.05) is 11.8 Å². The molecule has 10 heteroatoms. The average molecular weight is 448 g/mol. The van der Waals surface area contributed by atoms with Crippen LogP contribution in [0.4, 0.5) is 11.4 Å². The van der Waals surface area contributed by atoms with Crippen molar-refractivity contribution >= 4 is 33.3 Å². The summed E-state index contributed by atoms with van der Waals surface area (Å²) >= 11 is 0. The van der Waals surface area contributed by atoms with Crippen molar-refractivity contribution in [3.63, 3.8) is 0 Å². The van der Waals surface area contributed by atoms with Gasteiger partial charge in [-0.3, -0.25) is 9.10 Å². The number of fused-ring (bicyclic) bond motifs is 1. The van der Waals surface area contributed by atoms with Gasteiger partial charge in [-0.1, -0.05) is 0 Å². The number of esters is 1. The van der Waals surface area contributed by atoms with Crippen LogP contribution in [-0.2, 0) is 19.6 Å². The summed E-state index contributed by atoms with van der Waals surface area (Å²) in [5.41, 5.74) is 1.08. The highest BCUT2D eigenvalue weighted by Crippen LogP contribution is 2.34. The Morgan fingerprint density at radius 2 is 1.71 bits per heavy atom. The Morgan fingerprint density at radius 3 is 2.35 bits per heavy atom. The molecule has 0 saturated carbocycles. The van der Waals surface area contributed by atoms with Crippen molar-refractivity contribution in [1.29, 1.82) is 0 Å². The maximum Gasteiger partial charge on any atom is 0.338 e. The molecule has 0 fully saturated rings. The van der Waals surface area contributed by atoms with E-state index in [4.69, 9.17) is 14.2 Å². The number of carbonyl (C=O) groups excluding carboxylic acids is 2. The number of nitrogens with zero attached hydrogens (tertiary/aromatic N) is 1. The molecule has 0 atom stereocenters. The Balaban J connectivity index is 1.76. The molecule has 1 aliphatic rings. The minimum absolute atomic E-state index is 0.178. The molecule has 166 valence electrons. The third-order valence-corrected chi connectivity index (χ3v) is 6.22. The van der Waals surface area contributed by atoms with Gasteiger partial charge in [0.25, 0.3) is 0 Å². The molecule has 9 nitrogen and oxygen atoms in total. The number of sulfonamides is 1. The smallest absolute Gasteiger partial charge is 0.338 e. The van der Waals surface area contributed by atoms with Gasteiger partial charge in [0.05, 0.1) is 23.6 Å². The molecule has 0 saturated heterocycles. The maximum atomic E-state index is 12.7. The van der Waals surface area contributed by atoms with Crippen LogP contribution in [-0.4, -0.2) is 52.4 Å². The lowest BCUT2D eigenvalue weighted by Crippen LogP contribution is -2.39. The number of anilines is 2. The monoisotopic (exact) mass is 448 g/mol. The van der Waals surface area contributed by atoms with Gasteiger partial charge in [-0.05, 0) is 50.2 Å². The number of ether oxygens (including phenoxy) is 3. The molecule has 0 spiro atoms. The number of hydrogen-bond acceptors (Lipinski definition) is 7. The van der Waals surface area contributed by atoms with Crippen LogP contribution in [0, 0.1) is 0 Å². The zero-order chi connectivity index (χ0) is 22.4. The molecule has 0 unspecified atom stereocenters. The molecule has 0 bridgehead atoms. The van der Waals surface area contributed by atoms with Gasteiger partial charge in [-0.15, -0.1) is 0 Å². The molecule has 1 heterocycles. The largest absolute Gasteiger partial charge is 0.486 e. The predicted octanol–water partition coefficient (Wildman–Crippen LogP) is 2.43. The molecule has 3 rings (SSSR count). The van der Waals surface area contributed by atoms with Gasteiger partial charge < -0.3 is 19.5 Å². The lowest BCUT2D eigenvalue weighted by Gasteiger charge is -2.25. The molecule has 0 aliphatic carbocycles. The number of carbonyl (C=O) groups is 2. The van der Waals surface area contributed by atoms with Crippen molar-refractivity contribution in [3.05, 3.63) is 48.0 Å². The van der Waals surface area contributed by atoms with E-state index >= 15 is 0 Å². The van der Waals surface area contributed by atoms with E-state index in [1.165, 1.54) is 19.1 Å². The molecular weight excluding hydrogens is 424 g/mol. The highest BCUT2D eigenvalue weighted by molar-refractivity contribution is 7.92. The molecule has 0 radical (unpaired) electrons. The molecule has 1 aliphatic heterocycles. The highest BCUT2D eigenvalue weighted by Gasteiger charge is 2.25. The second-order valence-corrected chi connectivity index (χ2v) is 8.76. The van der Waals surface area contributed by atoms with Gasteiger partial charge in [-0.25, -0.2) is 13.2 Å². The number of rotatable bonds is 8. The van der Waals surface area contributed by atoms with Crippen molar-refractivity contribution in [3.8, 4) is 11.5 Å². The van der Waals surface area contributed by atoms with E-state index in [0.29, 0.717) is 41.7 Å². The Hall–Kier alpha value is -3.27. The summed E-state index contributed by atoms with van der Waals surface area (Å²) in [6.07, 6.45) is 0. The normalized spacial score (nSPS) is 12.7. The van der Waals surface area contributed by atoms with E-state index in [-0.39, 0.29) is 12.4 Å². The Labute approximate surface area is 181 Å². The Kier molecular flexibility index (Phi) is 7.01. The zero-order valence-electron chi connectivity index (χ0n) is 17.3. The molecular formula is C21H24N2O7S. The first-order chi connectivity index (χ1) is 14.8. The highest BCUT2D eigenvalue weighted by atomic mass is 32.2. The first kappa shape index (κ1) is 22.4. The molecule has 2 aromatic carbocycles. The summed E-state index contributed by atoms with van der Waals surface area (Å²) in [5, 5.41) is 2.65. The van der Waals surface area contributed by atoms with Crippen LogP contribution in [0.5, 0.6) is 11.5 Å². The van der Waals surface area contributed by atoms with Crippen molar-refractivity contribution in [2.24, 2.45) is 0 Å². The summed E-state index contributed by atoms with van der Waals surface area (Å²) in [7, 11) is -3.74. The number of amides is 1. The van der Waals surface area contributed by atoms with Crippen molar-refractivity contribution in [2.75, 3.05) is 41.7 Å². The number of nitrogens with one attached hydrogen (secondary N) is 1. The minimum atomic E-state index is -3.74. The fourth-order valence-electron chi connectivity index (χ4n) is 2.93. The summed E-state index contributed by atoms with van der Waals surface area (Å²) in [6.45, 7) is 3.84. The van der Waals surface area contributed by atoms with Gasteiger partial charge >= 0.3 is 5.97 Å². The van der Waals surface area contributed by atoms with E-state index in [9.17, 15) is 18.0 Å². The molecule has 0 aromatic heterocycles. The van der Waals surface area contributed by atoms with Crippen LogP contribution in [0.3, 0.4) is 0 Å². The first-order valence-corrected chi connectivity index (χ1v) is 11.4. The average Bonchev–Trinajstić information content (AvgIpc) is 2.77. The minimum Gasteiger partial charge on any atom is -0.486 e. The third kappa shape index (κ3) is 5.46. The van der Waals surface area contributed by atoms with Crippen LogP contribution in [0.1, 0.15) is 24.2 Å². The predicted molar refractivity (Wildman–Crippen MR) is 115 cm³/mol. The first-order valence-electron chi connectivity index (χ1n) is 9.81. The zero-order valence-corrected chi connectivity index (χ0v) is 18.1. The molecule has 1 amide bonds. The van der Waals surface area contributed by atoms with Crippen LogP contribution < -0.4 is 19.1 Å². The quantitative estimate of drug-likeness (QED) is 0.618. The number of hydrogen-bond donors (Lipinski definition) is 1. The topological polar surface area (TPSA) is 111 Å². The van der Waals surface area contributed by atoms with E-state index in [0.717, 1.165) is 4.31 Å². The van der Waals surface area contributed by atoms with Gasteiger partial charge in [0.2, 0.25) is 15.9 Å². The maximum absolute atomic E-state index is 12.7. The van der Waals surface area contributed by atoms with Gasteiger partial charge in [0.15, 0.2) is 11.5 Å². The van der Waals surface area contributed by atoms with Crippen LogP contribution in [0.2, 0.25) is 0 Å². The van der Waals surface area contributed by atoms with E-state index < -0.39 is 28.4 Å². The second kappa shape index (κ2) is 9.69. The van der Waals surface area contributed by atoms with Crippen molar-refractivity contribution in [1.82, 2.24) is 0 Å². The van der Waals surface area contributed by atoms with E-state index in [1.54, 1.807) is 37.3 Å². The Bertz CT molecular complexity index is 1050. The molecule has 31 heavy (non-hydrogen) atoms. The molecule has 2 aromatic rings. The second-order valence-electron chi connectivity index (χ2n) is 6.58. The van der Waals surface area contributed by atoms with E-state index in [1.807, 2.05) is 0 Å². The summed E-state index contributed by atoms with van der Waals surface area (Å²) in [4.78, 5) is 24.3. The standard InChI is InChI=1S/C21H24N2O7S/c1-3-28-21(25)15-5-7-16(8-6-15)22-20(24)14-23(31(26,27)4-2)17-9-10-18-19(13-17)30-12-11-29-18/h5-10,13H,3-4,11-12,14H2,1-2H3,(H,22,24). The lowest BCUT2D eigenvalue weighted by atomic mass is 10.2. The van der Waals surface area contributed by atoms with Crippen LogP contribution in [0.25, 0.3) is 0 Å². The summed E-state index contributed by atoms with van der Waals surface area (Å²) in [5.74, 6) is -0.219. The van der Waals surface area contributed by atoms with E-state index in [2.05, 4.69) is 5.32 Å². The van der Waals surface area contributed by atoms with Gasteiger partial charge in [-0.2, -0.15) is 0 Å². The van der Waals surface area contributed by atoms with Crippen molar-refractivity contribution < 1.29 is 32.2 Å².